The second-order valence-electron chi connectivity index (χ2n) is 6.72. The third-order valence-electron chi connectivity index (χ3n) is 4.51. The van der Waals surface area contributed by atoms with Gasteiger partial charge in [0.2, 0.25) is 0 Å². The van der Waals surface area contributed by atoms with Crippen molar-refractivity contribution in [2.45, 2.75) is 26.2 Å². The fourth-order valence-corrected chi connectivity index (χ4v) is 3.38. The summed E-state index contributed by atoms with van der Waals surface area (Å²) in [7, 11) is 1.46. The Morgan fingerprint density at radius 3 is 2.84 bits per heavy atom. The van der Waals surface area contributed by atoms with Crippen molar-refractivity contribution < 1.29 is 19.4 Å². The van der Waals surface area contributed by atoms with E-state index < -0.39 is 12.6 Å². The molecule has 1 N–H and O–H groups in total. The van der Waals surface area contributed by atoms with E-state index in [0.717, 1.165) is 17.3 Å². The summed E-state index contributed by atoms with van der Waals surface area (Å²) in [6.07, 6.45) is 3.84. The molecule has 3 aromatic rings. The fourth-order valence-electron chi connectivity index (χ4n) is 3.01. The monoisotopic (exact) mass is 487 g/mol. The van der Waals surface area contributed by atoms with Gasteiger partial charge in [0.15, 0.2) is 18.1 Å². The van der Waals surface area contributed by atoms with Crippen LogP contribution in [-0.4, -0.2) is 40.7 Å². The van der Waals surface area contributed by atoms with Gasteiger partial charge in [-0.1, -0.05) is 35.3 Å². The van der Waals surface area contributed by atoms with E-state index in [1.165, 1.54) is 18.0 Å². The molecular weight excluding hydrogens is 466 g/mol. The van der Waals surface area contributed by atoms with Gasteiger partial charge in [-0.2, -0.15) is 9.78 Å². The van der Waals surface area contributed by atoms with Crippen LogP contribution in [0.15, 0.2) is 50.8 Å². The number of para-hydroxylation sites is 1. The van der Waals surface area contributed by atoms with Crippen LogP contribution in [0.25, 0.3) is 10.9 Å². The van der Waals surface area contributed by atoms with Crippen LogP contribution in [0.4, 0.5) is 0 Å². The Kier molecular flexibility index (Phi) is 7.41. The number of methoxy groups -OCH3 is 1. The smallest absolute Gasteiger partial charge is 0.341 e. The van der Waals surface area contributed by atoms with E-state index in [0.29, 0.717) is 34.5 Å². The summed E-state index contributed by atoms with van der Waals surface area (Å²) in [6, 6.07) is 10.4. The molecule has 0 bridgehead atoms. The predicted octanol–water partition coefficient (Wildman–Crippen LogP) is 3.86. The number of nitrogens with zero attached hydrogens (tertiary/aromatic N) is 3. The van der Waals surface area contributed by atoms with Crippen molar-refractivity contribution in [1.29, 1.82) is 0 Å². The van der Waals surface area contributed by atoms with Gasteiger partial charge >= 0.3 is 5.97 Å². The molecule has 3 rings (SSSR count). The Morgan fingerprint density at radius 2 is 2.13 bits per heavy atom. The number of unbranched alkanes of at least 4 members (excludes halogenated alkanes) is 1. The zero-order valence-electron chi connectivity index (χ0n) is 17.2. The quantitative estimate of drug-likeness (QED) is 0.459. The highest BCUT2D eigenvalue weighted by molar-refractivity contribution is 9.10. The summed E-state index contributed by atoms with van der Waals surface area (Å²) in [4.78, 5) is 28.7. The second kappa shape index (κ2) is 10.2. The Morgan fingerprint density at radius 1 is 1.32 bits per heavy atom. The number of rotatable bonds is 9. The molecule has 0 aliphatic rings. The molecule has 2 aromatic carbocycles. The van der Waals surface area contributed by atoms with E-state index in [-0.39, 0.29) is 11.3 Å². The maximum Gasteiger partial charge on any atom is 0.341 e. The molecule has 0 aliphatic heterocycles. The van der Waals surface area contributed by atoms with E-state index >= 15 is 0 Å². The Labute approximate surface area is 187 Å². The van der Waals surface area contributed by atoms with Gasteiger partial charge in [-0.15, -0.1) is 0 Å². The molecule has 162 valence electrons. The zero-order valence-corrected chi connectivity index (χ0v) is 18.8. The minimum absolute atomic E-state index is 0.232. The van der Waals surface area contributed by atoms with Crippen molar-refractivity contribution in [3.8, 4) is 11.5 Å². The van der Waals surface area contributed by atoms with Gasteiger partial charge in [-0.05, 0) is 36.8 Å². The normalized spacial score (nSPS) is 11.2. The highest BCUT2D eigenvalue weighted by Crippen LogP contribution is 2.30. The average Bonchev–Trinajstić information content (AvgIpc) is 2.76. The first-order valence-electron chi connectivity index (χ1n) is 9.71. The van der Waals surface area contributed by atoms with Gasteiger partial charge in [-0.25, -0.2) is 9.78 Å². The van der Waals surface area contributed by atoms with Crippen LogP contribution in [0.1, 0.15) is 31.2 Å². The molecule has 0 atom stereocenters. The van der Waals surface area contributed by atoms with Crippen molar-refractivity contribution in [3.05, 3.63) is 62.6 Å². The lowest BCUT2D eigenvalue weighted by Crippen LogP contribution is -2.22. The lowest BCUT2D eigenvalue weighted by Gasteiger charge is -2.12. The molecule has 0 unspecified atom stereocenters. The molecule has 0 fully saturated rings. The van der Waals surface area contributed by atoms with Crippen LogP contribution in [0.3, 0.4) is 0 Å². The summed E-state index contributed by atoms with van der Waals surface area (Å²) in [6.45, 7) is 1.53. The first-order valence-corrected chi connectivity index (χ1v) is 10.5. The van der Waals surface area contributed by atoms with Gasteiger partial charge < -0.3 is 14.6 Å². The highest BCUT2D eigenvalue weighted by atomic mass is 79.9. The Hall–Kier alpha value is -3.20. The first-order chi connectivity index (χ1) is 14.9. The van der Waals surface area contributed by atoms with Crippen LogP contribution in [0, 0.1) is 0 Å². The highest BCUT2D eigenvalue weighted by Gasteiger charge is 2.13. The number of halogens is 1. The van der Waals surface area contributed by atoms with Gasteiger partial charge in [0.05, 0.1) is 24.2 Å². The molecular formula is C22H22BrN3O5. The van der Waals surface area contributed by atoms with Crippen molar-refractivity contribution in [2.24, 2.45) is 5.10 Å². The number of fused-ring (bicyclic) bond motifs is 1. The fraction of sp³-hybridized carbons (Fsp3) is 0.273. The summed E-state index contributed by atoms with van der Waals surface area (Å²) >= 11 is 3.39. The largest absolute Gasteiger partial charge is 0.493 e. The van der Waals surface area contributed by atoms with Crippen LogP contribution < -0.4 is 15.0 Å². The van der Waals surface area contributed by atoms with E-state index in [2.05, 4.69) is 32.9 Å². The molecule has 0 saturated heterocycles. The van der Waals surface area contributed by atoms with Crippen LogP contribution in [0.5, 0.6) is 11.5 Å². The number of hydrogen-bond acceptors (Lipinski definition) is 6. The van der Waals surface area contributed by atoms with E-state index in [4.69, 9.17) is 14.6 Å². The summed E-state index contributed by atoms with van der Waals surface area (Å²) in [5, 5.41) is 13.8. The first kappa shape index (κ1) is 22.5. The van der Waals surface area contributed by atoms with Gasteiger partial charge in [0.25, 0.3) is 5.56 Å². The second-order valence-corrected chi connectivity index (χ2v) is 7.63. The van der Waals surface area contributed by atoms with Crippen LogP contribution in [0.2, 0.25) is 0 Å². The molecule has 0 aliphatic carbocycles. The van der Waals surface area contributed by atoms with Crippen LogP contribution in [-0.2, 0) is 11.2 Å². The van der Waals surface area contributed by atoms with Crippen molar-refractivity contribution in [1.82, 2.24) is 9.66 Å². The topological polar surface area (TPSA) is 103 Å². The zero-order chi connectivity index (χ0) is 22.4. The van der Waals surface area contributed by atoms with Gasteiger partial charge in [0, 0.05) is 16.5 Å². The Balaban J connectivity index is 2.11. The average molecular weight is 488 g/mol. The summed E-state index contributed by atoms with van der Waals surface area (Å²) < 4.78 is 12.7. The van der Waals surface area contributed by atoms with E-state index in [1.807, 2.05) is 6.07 Å². The molecule has 1 heterocycles. The number of benzene rings is 2. The van der Waals surface area contributed by atoms with Gasteiger partial charge in [0.1, 0.15) is 5.82 Å². The maximum absolute atomic E-state index is 13.2. The van der Waals surface area contributed by atoms with Gasteiger partial charge in [-0.3, -0.25) is 4.79 Å². The number of hydrogen-bond donors (Lipinski definition) is 1. The van der Waals surface area contributed by atoms with Crippen molar-refractivity contribution in [3.63, 3.8) is 0 Å². The molecule has 31 heavy (non-hydrogen) atoms. The summed E-state index contributed by atoms with van der Waals surface area (Å²) in [5.74, 6) is 0.0325. The molecule has 0 radical (unpaired) electrons. The minimum Gasteiger partial charge on any atom is -0.493 e. The molecule has 0 saturated carbocycles. The number of ether oxygens (including phenoxy) is 2. The van der Waals surface area contributed by atoms with E-state index in [1.54, 1.807) is 30.3 Å². The molecule has 0 spiro atoms. The molecule has 8 nitrogen and oxygen atoms in total. The number of carbonyl (C=O) groups is 1. The Bertz CT molecular complexity index is 1190. The lowest BCUT2D eigenvalue weighted by molar-refractivity contribution is -0.139. The standard InChI is InChI=1S/C22H22BrN3O5/c1-3-4-8-19-25-17-10-9-15(23)11-16(17)22(29)26(19)24-12-14-6-5-7-18(30-2)21(14)31-13-20(27)28/h5-7,9-12H,3-4,8,13H2,1-2H3,(H,27,28). The number of aryl methyl sites for hydroxylation is 1. The third kappa shape index (κ3) is 5.29. The van der Waals surface area contributed by atoms with E-state index in [9.17, 15) is 9.59 Å². The minimum atomic E-state index is -1.11. The molecule has 9 heteroatoms. The van der Waals surface area contributed by atoms with Crippen LogP contribution >= 0.6 is 15.9 Å². The lowest BCUT2D eigenvalue weighted by atomic mass is 10.2. The predicted molar refractivity (Wildman–Crippen MR) is 121 cm³/mol. The number of aromatic nitrogens is 2. The maximum atomic E-state index is 13.2. The van der Waals surface area contributed by atoms with Crippen molar-refractivity contribution in [2.75, 3.05) is 13.7 Å². The molecule has 1 aromatic heterocycles. The number of carboxylic acid groups (broad SMARTS) is 1. The molecule has 0 amide bonds. The van der Waals surface area contributed by atoms with Crippen molar-refractivity contribution >= 4 is 39.0 Å². The summed E-state index contributed by atoms with van der Waals surface area (Å²) in [5.41, 5.74) is 0.797. The SMILES string of the molecule is CCCCc1nc2ccc(Br)cc2c(=O)n1N=Cc1cccc(OC)c1OCC(=O)O. The third-order valence-corrected chi connectivity index (χ3v) is 5.00. The number of carboxylic acids is 1. The number of aliphatic carboxylic acids is 1.